The molecule has 0 unspecified atom stereocenters. The summed E-state index contributed by atoms with van der Waals surface area (Å²) in [4.78, 5) is 0. The minimum Gasteiger partial charge on any atom is -0.0623 e. The van der Waals surface area contributed by atoms with Gasteiger partial charge in [-0.05, 0) is 121 Å². The standard InChI is InChI=1S/C52H36Si/c1-53(2)49-27-10-9-23-41(49)45-31-47-48(32-50(45)53)52(43-26-13-19-35-16-5-8-22-39(35)43)46-30-36(40-24-11-17-33-14-3-6-20-37(33)40)28-29-44(46)51(47)42-25-12-18-34-15-4-7-21-38(34)42/h3-32H,1-2H3. The molecule has 1 heteroatoms. The summed E-state index contributed by atoms with van der Waals surface area (Å²) in [6.07, 6.45) is 0. The van der Waals surface area contributed by atoms with E-state index in [0.717, 1.165) is 0 Å². The van der Waals surface area contributed by atoms with Gasteiger partial charge < -0.3 is 0 Å². The highest BCUT2D eigenvalue weighted by Gasteiger charge is 2.38. The van der Waals surface area contributed by atoms with Gasteiger partial charge in [-0.1, -0.05) is 183 Å². The summed E-state index contributed by atoms with van der Waals surface area (Å²) in [6.45, 7) is 5.07. The maximum absolute atomic E-state index is 2.62. The average molecular weight is 689 g/mol. The van der Waals surface area contributed by atoms with Crippen molar-refractivity contribution in [3.05, 3.63) is 182 Å². The fraction of sp³-hybridized carbons (Fsp3) is 0.0385. The van der Waals surface area contributed by atoms with Crippen LogP contribution in [0, 0.1) is 0 Å². The van der Waals surface area contributed by atoms with Gasteiger partial charge >= 0.3 is 0 Å². The molecule has 0 saturated heterocycles. The van der Waals surface area contributed by atoms with Crippen LogP contribution in [-0.2, 0) is 0 Å². The lowest BCUT2D eigenvalue weighted by molar-refractivity contribution is 1.66. The third kappa shape index (κ3) is 4.41. The summed E-state index contributed by atoms with van der Waals surface area (Å²) in [6, 6.07) is 68.5. The van der Waals surface area contributed by atoms with Gasteiger partial charge in [-0.3, -0.25) is 0 Å². The molecule has 0 fully saturated rings. The molecule has 10 aromatic rings. The SMILES string of the molecule is C[Si]1(C)c2ccccc2-c2cc3c(-c4cccc5ccccc45)c4ccc(-c5cccc6ccccc56)cc4c(-c4cccc5ccccc45)c3cc21. The van der Waals surface area contributed by atoms with Gasteiger partial charge in [0.25, 0.3) is 0 Å². The van der Waals surface area contributed by atoms with Crippen molar-refractivity contribution in [1.29, 1.82) is 0 Å². The van der Waals surface area contributed by atoms with Crippen molar-refractivity contribution in [3.63, 3.8) is 0 Å². The van der Waals surface area contributed by atoms with Gasteiger partial charge in [0.05, 0.1) is 0 Å². The Balaban J connectivity index is 1.37. The Morgan fingerprint density at radius 1 is 0.283 bits per heavy atom. The molecule has 0 nitrogen and oxygen atoms in total. The summed E-state index contributed by atoms with van der Waals surface area (Å²) in [5.41, 5.74) is 10.5. The molecule has 11 rings (SSSR count). The number of rotatable bonds is 3. The Bertz CT molecular complexity index is 3130. The second-order valence-electron chi connectivity index (χ2n) is 15.2. The topological polar surface area (TPSA) is 0 Å². The first-order valence-electron chi connectivity index (χ1n) is 18.7. The summed E-state index contributed by atoms with van der Waals surface area (Å²) in [5.74, 6) is 0. The zero-order chi connectivity index (χ0) is 35.3. The maximum atomic E-state index is 2.62. The van der Waals surface area contributed by atoms with Crippen molar-refractivity contribution in [2.75, 3.05) is 0 Å². The molecule has 0 radical (unpaired) electrons. The largest absolute Gasteiger partial charge is 0.113 e. The molecular weight excluding hydrogens is 653 g/mol. The molecule has 0 saturated carbocycles. The van der Waals surface area contributed by atoms with Crippen LogP contribution < -0.4 is 10.4 Å². The lowest BCUT2D eigenvalue weighted by atomic mass is 9.82. The van der Waals surface area contributed by atoms with Crippen LogP contribution in [0.4, 0.5) is 0 Å². The quantitative estimate of drug-likeness (QED) is 0.128. The van der Waals surface area contributed by atoms with E-state index >= 15 is 0 Å². The number of fused-ring (bicyclic) bond motifs is 8. The van der Waals surface area contributed by atoms with Crippen LogP contribution in [0.1, 0.15) is 0 Å². The lowest BCUT2D eigenvalue weighted by Gasteiger charge is -2.23. The van der Waals surface area contributed by atoms with Gasteiger partial charge in [0.1, 0.15) is 8.07 Å². The van der Waals surface area contributed by atoms with E-state index < -0.39 is 8.07 Å². The molecule has 0 bridgehead atoms. The first-order valence-corrected chi connectivity index (χ1v) is 21.7. The molecule has 0 amide bonds. The summed E-state index contributed by atoms with van der Waals surface area (Å²) >= 11 is 0. The molecule has 1 aliphatic heterocycles. The van der Waals surface area contributed by atoms with E-state index in [-0.39, 0.29) is 0 Å². The number of benzene rings is 10. The van der Waals surface area contributed by atoms with Crippen molar-refractivity contribution in [3.8, 4) is 44.5 Å². The van der Waals surface area contributed by atoms with E-state index in [2.05, 4.69) is 195 Å². The van der Waals surface area contributed by atoms with Gasteiger partial charge in [0, 0.05) is 0 Å². The molecule has 0 spiro atoms. The molecule has 248 valence electrons. The summed E-state index contributed by atoms with van der Waals surface area (Å²) in [7, 11) is -1.98. The van der Waals surface area contributed by atoms with Crippen LogP contribution in [0.25, 0.3) is 98.4 Å². The highest BCUT2D eigenvalue weighted by Crippen LogP contribution is 2.49. The average Bonchev–Trinajstić information content (AvgIpc) is 3.43. The highest BCUT2D eigenvalue weighted by atomic mass is 28.3. The molecular formula is C52H36Si. The first-order chi connectivity index (χ1) is 26.1. The first kappa shape index (κ1) is 30.4. The van der Waals surface area contributed by atoms with Crippen LogP contribution in [-0.4, -0.2) is 8.07 Å². The molecule has 0 N–H and O–H groups in total. The smallest absolute Gasteiger partial charge is 0.0623 e. The Hall–Kier alpha value is -6.28. The highest BCUT2D eigenvalue weighted by molar-refractivity contribution is 7.04. The van der Waals surface area contributed by atoms with Crippen molar-refractivity contribution in [2.45, 2.75) is 13.1 Å². The van der Waals surface area contributed by atoms with Crippen LogP contribution in [0.3, 0.4) is 0 Å². The van der Waals surface area contributed by atoms with Crippen LogP contribution in [0.2, 0.25) is 13.1 Å². The van der Waals surface area contributed by atoms with E-state index in [1.807, 2.05) is 0 Å². The van der Waals surface area contributed by atoms with E-state index in [1.54, 1.807) is 0 Å². The predicted molar refractivity (Wildman–Crippen MR) is 232 cm³/mol. The fourth-order valence-corrected chi connectivity index (χ4v) is 12.6. The van der Waals surface area contributed by atoms with Crippen LogP contribution >= 0.6 is 0 Å². The van der Waals surface area contributed by atoms with Crippen LogP contribution in [0.15, 0.2) is 182 Å². The minimum atomic E-state index is -1.98. The molecule has 0 atom stereocenters. The van der Waals surface area contributed by atoms with Crippen LogP contribution in [0.5, 0.6) is 0 Å². The zero-order valence-corrected chi connectivity index (χ0v) is 30.8. The Morgan fingerprint density at radius 2 is 0.736 bits per heavy atom. The van der Waals surface area contributed by atoms with Gasteiger partial charge in [0.2, 0.25) is 0 Å². The molecule has 1 heterocycles. The van der Waals surface area contributed by atoms with Gasteiger partial charge in [-0.2, -0.15) is 0 Å². The lowest BCUT2D eigenvalue weighted by Crippen LogP contribution is -2.49. The Morgan fingerprint density at radius 3 is 1.38 bits per heavy atom. The van der Waals surface area contributed by atoms with Gasteiger partial charge in [0.15, 0.2) is 0 Å². The second kappa shape index (κ2) is 11.4. The van der Waals surface area contributed by atoms with E-state index in [9.17, 15) is 0 Å². The third-order valence-electron chi connectivity index (χ3n) is 12.0. The third-order valence-corrected chi connectivity index (χ3v) is 15.6. The monoisotopic (exact) mass is 688 g/mol. The van der Waals surface area contributed by atoms with E-state index in [1.165, 1.54) is 109 Å². The molecule has 10 aromatic carbocycles. The Kier molecular flexibility index (Phi) is 6.50. The van der Waals surface area contributed by atoms with Crippen molar-refractivity contribution >= 4 is 72.3 Å². The predicted octanol–water partition coefficient (Wildman–Crippen LogP) is 13.3. The van der Waals surface area contributed by atoms with Gasteiger partial charge in [-0.15, -0.1) is 0 Å². The zero-order valence-electron chi connectivity index (χ0n) is 29.8. The van der Waals surface area contributed by atoms with Crippen molar-refractivity contribution < 1.29 is 0 Å². The number of hydrogen-bond acceptors (Lipinski definition) is 0. The van der Waals surface area contributed by atoms with Crippen molar-refractivity contribution in [1.82, 2.24) is 0 Å². The molecule has 0 aliphatic carbocycles. The van der Waals surface area contributed by atoms with Crippen molar-refractivity contribution in [2.24, 2.45) is 0 Å². The molecule has 0 aromatic heterocycles. The second-order valence-corrected chi connectivity index (χ2v) is 19.5. The Labute approximate surface area is 310 Å². The van der Waals surface area contributed by atoms with E-state index in [0.29, 0.717) is 0 Å². The maximum Gasteiger partial charge on any atom is 0.113 e. The van der Waals surface area contributed by atoms with E-state index in [4.69, 9.17) is 0 Å². The number of hydrogen-bond donors (Lipinski definition) is 0. The minimum absolute atomic E-state index is 1.24. The molecule has 53 heavy (non-hydrogen) atoms. The van der Waals surface area contributed by atoms with Gasteiger partial charge in [-0.25, -0.2) is 0 Å². The summed E-state index contributed by atoms with van der Waals surface area (Å²) in [5, 5.41) is 15.9. The fourth-order valence-electron chi connectivity index (χ4n) is 9.53. The summed E-state index contributed by atoms with van der Waals surface area (Å²) < 4.78 is 0. The molecule has 1 aliphatic rings. The normalized spacial score (nSPS) is 13.2.